The highest BCUT2D eigenvalue weighted by Crippen LogP contribution is 2.32. The minimum atomic E-state index is -0.0516. The van der Waals surface area contributed by atoms with Gasteiger partial charge in [-0.25, -0.2) is 9.97 Å². The smallest absolute Gasteiger partial charge is 0.277 e. The minimum Gasteiger partial charge on any atom is -0.351 e. The zero-order valence-corrected chi connectivity index (χ0v) is 13.9. The van der Waals surface area contributed by atoms with Gasteiger partial charge in [0.1, 0.15) is 5.69 Å². The average Bonchev–Trinajstić information content (AvgIpc) is 3.21. The Morgan fingerprint density at radius 3 is 2.83 bits per heavy atom. The number of para-hydroxylation sites is 1. The summed E-state index contributed by atoms with van der Waals surface area (Å²) in [7, 11) is 0. The molecule has 0 spiro atoms. The van der Waals surface area contributed by atoms with Gasteiger partial charge >= 0.3 is 0 Å². The summed E-state index contributed by atoms with van der Waals surface area (Å²) < 4.78 is 0. The Kier molecular flexibility index (Phi) is 3.92. The van der Waals surface area contributed by atoms with Crippen molar-refractivity contribution in [1.82, 2.24) is 9.97 Å². The van der Waals surface area contributed by atoms with E-state index in [4.69, 9.17) is 0 Å². The molecule has 5 heteroatoms. The standard InChI is InChI=1S/C19H22N4O/c1-13-12-14-6-2-5-9-17(14)23(13)18(24)16-10-11-20-19(22-16)21-15-7-3-4-8-15/h2,5-6,9-11,13,15H,3-4,7-8,12H2,1H3,(H,20,21,22). The highest BCUT2D eigenvalue weighted by atomic mass is 16.2. The van der Waals surface area contributed by atoms with Crippen molar-refractivity contribution in [2.75, 3.05) is 10.2 Å². The van der Waals surface area contributed by atoms with Crippen LogP contribution in [0, 0.1) is 0 Å². The lowest BCUT2D eigenvalue weighted by atomic mass is 10.1. The van der Waals surface area contributed by atoms with Crippen LogP contribution >= 0.6 is 0 Å². The first-order valence-electron chi connectivity index (χ1n) is 8.73. The Bertz CT molecular complexity index is 755. The van der Waals surface area contributed by atoms with Crippen LogP contribution in [-0.4, -0.2) is 28.0 Å². The number of anilines is 2. The van der Waals surface area contributed by atoms with Gasteiger partial charge in [-0.05, 0) is 43.9 Å². The molecule has 5 nitrogen and oxygen atoms in total. The van der Waals surface area contributed by atoms with Crippen LogP contribution in [0.2, 0.25) is 0 Å². The minimum absolute atomic E-state index is 0.0516. The molecule has 1 unspecified atom stereocenters. The molecule has 2 aromatic rings. The van der Waals surface area contributed by atoms with Crippen LogP contribution in [0.4, 0.5) is 11.6 Å². The highest BCUT2D eigenvalue weighted by molar-refractivity contribution is 6.06. The second-order valence-electron chi connectivity index (χ2n) is 6.75. The van der Waals surface area contributed by atoms with Crippen LogP contribution in [0.15, 0.2) is 36.5 Å². The fourth-order valence-corrected chi connectivity index (χ4v) is 3.80. The van der Waals surface area contributed by atoms with E-state index in [0.717, 1.165) is 24.9 Å². The van der Waals surface area contributed by atoms with Crippen LogP contribution in [0.1, 0.15) is 48.7 Å². The third-order valence-corrected chi connectivity index (χ3v) is 4.99. The van der Waals surface area contributed by atoms with E-state index in [1.54, 1.807) is 12.3 Å². The fourth-order valence-electron chi connectivity index (χ4n) is 3.80. The number of nitrogens with zero attached hydrogens (tertiary/aromatic N) is 3. The van der Waals surface area contributed by atoms with Crippen LogP contribution < -0.4 is 10.2 Å². The molecule has 0 radical (unpaired) electrons. The second kappa shape index (κ2) is 6.23. The number of amides is 1. The topological polar surface area (TPSA) is 58.1 Å². The third-order valence-electron chi connectivity index (χ3n) is 4.99. The molecule has 1 aliphatic carbocycles. The van der Waals surface area contributed by atoms with Crippen LogP contribution in [0.25, 0.3) is 0 Å². The SMILES string of the molecule is CC1Cc2ccccc2N1C(=O)c1ccnc(NC2CCCC2)n1. The van der Waals surface area contributed by atoms with Gasteiger partial charge in [0.15, 0.2) is 0 Å². The lowest BCUT2D eigenvalue weighted by Gasteiger charge is -2.22. The molecule has 1 fully saturated rings. The number of hydrogen-bond donors (Lipinski definition) is 1. The van der Waals surface area contributed by atoms with Crippen molar-refractivity contribution in [3.05, 3.63) is 47.8 Å². The van der Waals surface area contributed by atoms with Crippen LogP contribution in [0.3, 0.4) is 0 Å². The summed E-state index contributed by atoms with van der Waals surface area (Å²) in [6, 6.07) is 10.4. The predicted octanol–water partition coefficient (Wildman–Crippen LogP) is 3.42. The zero-order valence-electron chi connectivity index (χ0n) is 13.9. The number of benzene rings is 1. The summed E-state index contributed by atoms with van der Waals surface area (Å²) in [5, 5.41) is 3.36. The van der Waals surface area contributed by atoms with Gasteiger partial charge in [0.2, 0.25) is 5.95 Å². The molecule has 1 N–H and O–H groups in total. The summed E-state index contributed by atoms with van der Waals surface area (Å²) in [6.07, 6.45) is 7.36. The second-order valence-corrected chi connectivity index (χ2v) is 6.75. The van der Waals surface area contributed by atoms with E-state index in [1.807, 2.05) is 23.1 Å². The Balaban J connectivity index is 1.58. The number of carbonyl (C=O) groups is 1. The summed E-state index contributed by atoms with van der Waals surface area (Å²) in [5.41, 5.74) is 2.67. The van der Waals surface area contributed by atoms with Gasteiger partial charge in [-0.15, -0.1) is 0 Å². The zero-order chi connectivity index (χ0) is 16.5. The van der Waals surface area contributed by atoms with Crippen molar-refractivity contribution in [3.63, 3.8) is 0 Å². The number of rotatable bonds is 3. The first-order chi connectivity index (χ1) is 11.7. The van der Waals surface area contributed by atoms with E-state index in [1.165, 1.54) is 18.4 Å². The molecule has 0 bridgehead atoms. The lowest BCUT2D eigenvalue weighted by molar-refractivity contribution is 0.0976. The van der Waals surface area contributed by atoms with Crippen LogP contribution in [-0.2, 0) is 6.42 Å². The maximum Gasteiger partial charge on any atom is 0.277 e. The Labute approximate surface area is 142 Å². The molecule has 1 atom stereocenters. The normalized spacial score (nSPS) is 20.2. The first kappa shape index (κ1) is 15.1. The molecule has 1 amide bonds. The Hall–Kier alpha value is -2.43. The summed E-state index contributed by atoms with van der Waals surface area (Å²) in [4.78, 5) is 23.6. The number of hydrogen-bond acceptors (Lipinski definition) is 4. The summed E-state index contributed by atoms with van der Waals surface area (Å²) in [5.74, 6) is 0.511. The fraction of sp³-hybridized carbons (Fsp3) is 0.421. The molecule has 2 heterocycles. The molecule has 24 heavy (non-hydrogen) atoms. The van der Waals surface area contributed by atoms with Gasteiger partial charge in [0.05, 0.1) is 0 Å². The van der Waals surface area contributed by atoms with E-state index < -0.39 is 0 Å². The molecule has 1 aliphatic heterocycles. The van der Waals surface area contributed by atoms with Crippen molar-refractivity contribution in [2.24, 2.45) is 0 Å². The molecular weight excluding hydrogens is 300 g/mol. The summed E-state index contributed by atoms with van der Waals surface area (Å²) >= 11 is 0. The monoisotopic (exact) mass is 322 g/mol. The van der Waals surface area contributed by atoms with Crippen LogP contribution in [0.5, 0.6) is 0 Å². The van der Waals surface area contributed by atoms with Gasteiger partial charge in [0.25, 0.3) is 5.91 Å². The number of aromatic nitrogens is 2. The van der Waals surface area contributed by atoms with E-state index in [9.17, 15) is 4.79 Å². The highest BCUT2D eigenvalue weighted by Gasteiger charge is 2.32. The maximum atomic E-state index is 13.0. The summed E-state index contributed by atoms with van der Waals surface area (Å²) in [6.45, 7) is 2.08. The lowest BCUT2D eigenvalue weighted by Crippen LogP contribution is -2.36. The van der Waals surface area contributed by atoms with Gasteiger partial charge < -0.3 is 10.2 Å². The quantitative estimate of drug-likeness (QED) is 0.940. The van der Waals surface area contributed by atoms with Crippen molar-refractivity contribution in [3.8, 4) is 0 Å². The van der Waals surface area contributed by atoms with Gasteiger partial charge in [-0.2, -0.15) is 0 Å². The molecule has 1 aromatic heterocycles. The van der Waals surface area contributed by atoms with E-state index in [2.05, 4.69) is 28.3 Å². The molecular formula is C19H22N4O. The third kappa shape index (κ3) is 2.75. The first-order valence-corrected chi connectivity index (χ1v) is 8.73. The van der Waals surface area contributed by atoms with Crippen molar-refractivity contribution in [2.45, 2.75) is 51.1 Å². The molecule has 1 aromatic carbocycles. The average molecular weight is 322 g/mol. The number of carbonyl (C=O) groups excluding carboxylic acids is 1. The van der Waals surface area contributed by atoms with Crippen molar-refractivity contribution < 1.29 is 4.79 Å². The van der Waals surface area contributed by atoms with Gasteiger partial charge in [-0.3, -0.25) is 4.79 Å². The van der Waals surface area contributed by atoms with Crippen molar-refractivity contribution in [1.29, 1.82) is 0 Å². The van der Waals surface area contributed by atoms with E-state index >= 15 is 0 Å². The van der Waals surface area contributed by atoms with Gasteiger partial charge in [-0.1, -0.05) is 31.0 Å². The Morgan fingerprint density at radius 1 is 1.21 bits per heavy atom. The number of nitrogens with one attached hydrogen (secondary N) is 1. The predicted molar refractivity (Wildman–Crippen MR) is 94.3 cm³/mol. The van der Waals surface area contributed by atoms with Gasteiger partial charge in [0, 0.05) is 24.0 Å². The van der Waals surface area contributed by atoms with E-state index in [-0.39, 0.29) is 11.9 Å². The Morgan fingerprint density at radius 2 is 2.00 bits per heavy atom. The molecule has 1 saturated carbocycles. The molecule has 2 aliphatic rings. The van der Waals surface area contributed by atoms with E-state index in [0.29, 0.717) is 17.7 Å². The molecule has 124 valence electrons. The maximum absolute atomic E-state index is 13.0. The molecule has 0 saturated heterocycles. The largest absolute Gasteiger partial charge is 0.351 e. The van der Waals surface area contributed by atoms with Crippen molar-refractivity contribution >= 4 is 17.5 Å². The number of fused-ring (bicyclic) bond motifs is 1. The molecule has 4 rings (SSSR count).